The number of pyridine rings is 1. The second kappa shape index (κ2) is 7.86. The highest BCUT2D eigenvalue weighted by atomic mass is 16.1. The zero-order valence-corrected chi connectivity index (χ0v) is 14.0. The minimum absolute atomic E-state index is 0.231. The van der Waals surface area contributed by atoms with Crippen LogP contribution in [0.5, 0.6) is 0 Å². The summed E-state index contributed by atoms with van der Waals surface area (Å²) in [7, 11) is 0. The van der Waals surface area contributed by atoms with Gasteiger partial charge in [0.15, 0.2) is 0 Å². The predicted molar refractivity (Wildman–Crippen MR) is 92.7 cm³/mol. The van der Waals surface area contributed by atoms with Crippen LogP contribution in [-0.4, -0.2) is 33.4 Å². The van der Waals surface area contributed by atoms with E-state index >= 15 is 0 Å². The van der Waals surface area contributed by atoms with E-state index in [1.807, 2.05) is 18.2 Å². The smallest absolute Gasteiger partial charge is 0.271 e. The normalized spacial score (nSPS) is 17.5. The minimum Gasteiger partial charge on any atom is -0.352 e. The maximum atomic E-state index is 12.2. The molecule has 2 aromatic rings. The fourth-order valence-corrected chi connectivity index (χ4v) is 3.08. The molecule has 1 saturated heterocycles. The Hall–Kier alpha value is -2.50. The van der Waals surface area contributed by atoms with Gasteiger partial charge in [-0.05, 0) is 37.8 Å². The summed E-state index contributed by atoms with van der Waals surface area (Å²) in [5, 5.41) is 2.82. The van der Waals surface area contributed by atoms with Crippen molar-refractivity contribution < 1.29 is 4.79 Å². The standard InChI is InChI=1S/C18H23N5O/c1-2-15-8-4-6-10-23(15)17-13-20-16(12-21-17)18(24)22-11-14-7-3-5-9-19-14/h3,5,7,9,12-13,15H,2,4,6,8,10-11H2,1H3,(H,22,24). The fraction of sp³-hybridized carbons (Fsp3) is 0.444. The van der Waals surface area contributed by atoms with Gasteiger partial charge in [0.2, 0.25) is 0 Å². The third kappa shape index (κ3) is 3.88. The van der Waals surface area contributed by atoms with Crippen LogP contribution in [-0.2, 0) is 6.54 Å². The lowest BCUT2D eigenvalue weighted by Gasteiger charge is -2.35. The maximum Gasteiger partial charge on any atom is 0.271 e. The number of rotatable bonds is 5. The molecule has 0 saturated carbocycles. The monoisotopic (exact) mass is 325 g/mol. The van der Waals surface area contributed by atoms with Gasteiger partial charge in [0.25, 0.3) is 5.91 Å². The molecular weight excluding hydrogens is 302 g/mol. The molecule has 1 amide bonds. The highest BCUT2D eigenvalue weighted by Gasteiger charge is 2.22. The highest BCUT2D eigenvalue weighted by molar-refractivity contribution is 5.91. The quantitative estimate of drug-likeness (QED) is 0.915. The number of anilines is 1. The van der Waals surface area contributed by atoms with Crippen molar-refractivity contribution in [1.82, 2.24) is 20.3 Å². The summed E-state index contributed by atoms with van der Waals surface area (Å²) in [5.74, 6) is 0.633. The summed E-state index contributed by atoms with van der Waals surface area (Å²) >= 11 is 0. The Kier molecular flexibility index (Phi) is 5.36. The van der Waals surface area contributed by atoms with Crippen LogP contribution in [0.3, 0.4) is 0 Å². The lowest BCUT2D eigenvalue weighted by atomic mass is 10.0. The van der Waals surface area contributed by atoms with Crippen LogP contribution < -0.4 is 10.2 Å². The van der Waals surface area contributed by atoms with Crippen LogP contribution in [0.1, 0.15) is 48.8 Å². The Morgan fingerprint density at radius 1 is 1.25 bits per heavy atom. The molecule has 6 heteroatoms. The Morgan fingerprint density at radius 2 is 2.17 bits per heavy atom. The zero-order chi connectivity index (χ0) is 16.8. The van der Waals surface area contributed by atoms with E-state index in [1.165, 1.54) is 19.3 Å². The molecular formula is C18H23N5O. The Bertz CT molecular complexity index is 659. The van der Waals surface area contributed by atoms with Crippen LogP contribution in [0.25, 0.3) is 0 Å². The van der Waals surface area contributed by atoms with Gasteiger partial charge in [-0.3, -0.25) is 9.78 Å². The van der Waals surface area contributed by atoms with E-state index in [0.29, 0.717) is 18.3 Å². The molecule has 2 aromatic heterocycles. The Labute approximate surface area is 142 Å². The minimum atomic E-state index is -0.231. The molecule has 0 bridgehead atoms. The zero-order valence-electron chi connectivity index (χ0n) is 14.0. The molecule has 6 nitrogen and oxygen atoms in total. The summed E-state index contributed by atoms with van der Waals surface area (Å²) < 4.78 is 0. The molecule has 1 fully saturated rings. The summed E-state index contributed by atoms with van der Waals surface area (Å²) in [6.07, 6.45) is 9.74. The van der Waals surface area contributed by atoms with Crippen molar-refractivity contribution in [3.8, 4) is 0 Å². The van der Waals surface area contributed by atoms with E-state index in [-0.39, 0.29) is 5.91 Å². The predicted octanol–water partition coefficient (Wildman–Crippen LogP) is 2.57. The number of carbonyl (C=O) groups excluding carboxylic acids is 1. The molecule has 1 atom stereocenters. The average Bonchev–Trinajstić information content (AvgIpc) is 2.67. The number of amides is 1. The van der Waals surface area contributed by atoms with Gasteiger partial charge >= 0.3 is 0 Å². The van der Waals surface area contributed by atoms with Crippen molar-refractivity contribution >= 4 is 11.7 Å². The molecule has 0 radical (unpaired) electrons. The van der Waals surface area contributed by atoms with E-state index in [0.717, 1.165) is 24.5 Å². The second-order valence-electron chi connectivity index (χ2n) is 6.01. The lowest BCUT2D eigenvalue weighted by molar-refractivity contribution is 0.0945. The Morgan fingerprint density at radius 3 is 2.88 bits per heavy atom. The first-order valence-corrected chi connectivity index (χ1v) is 8.54. The van der Waals surface area contributed by atoms with Gasteiger partial charge in [-0.15, -0.1) is 0 Å². The summed E-state index contributed by atoms with van der Waals surface area (Å²) in [5.41, 5.74) is 1.15. The van der Waals surface area contributed by atoms with Gasteiger partial charge in [0, 0.05) is 18.8 Å². The van der Waals surface area contributed by atoms with Crippen LogP contribution in [0.4, 0.5) is 5.82 Å². The Balaban J connectivity index is 1.62. The van der Waals surface area contributed by atoms with E-state index in [9.17, 15) is 4.79 Å². The largest absolute Gasteiger partial charge is 0.352 e. The van der Waals surface area contributed by atoms with Crippen LogP contribution in [0, 0.1) is 0 Å². The number of nitrogens with zero attached hydrogens (tertiary/aromatic N) is 4. The molecule has 0 aliphatic carbocycles. The van der Waals surface area contributed by atoms with Gasteiger partial charge in [-0.25, -0.2) is 9.97 Å². The first-order chi connectivity index (χ1) is 11.8. The first-order valence-electron chi connectivity index (χ1n) is 8.54. The van der Waals surface area contributed by atoms with Gasteiger partial charge in [0.1, 0.15) is 11.5 Å². The van der Waals surface area contributed by atoms with Gasteiger partial charge in [-0.1, -0.05) is 13.0 Å². The molecule has 0 aromatic carbocycles. The molecule has 1 N–H and O–H groups in total. The number of nitrogens with one attached hydrogen (secondary N) is 1. The summed E-state index contributed by atoms with van der Waals surface area (Å²) in [6, 6.07) is 6.14. The fourth-order valence-electron chi connectivity index (χ4n) is 3.08. The van der Waals surface area contributed by atoms with E-state index in [4.69, 9.17) is 0 Å². The summed E-state index contributed by atoms with van der Waals surface area (Å²) in [4.78, 5) is 27.4. The average molecular weight is 325 g/mol. The molecule has 24 heavy (non-hydrogen) atoms. The topological polar surface area (TPSA) is 71.0 Å². The van der Waals surface area contributed by atoms with Crippen molar-refractivity contribution in [1.29, 1.82) is 0 Å². The van der Waals surface area contributed by atoms with Gasteiger partial charge in [0.05, 0.1) is 24.6 Å². The van der Waals surface area contributed by atoms with E-state index in [1.54, 1.807) is 18.6 Å². The van der Waals surface area contributed by atoms with E-state index in [2.05, 4.69) is 32.1 Å². The number of carbonyl (C=O) groups is 1. The van der Waals surface area contributed by atoms with Gasteiger partial charge in [-0.2, -0.15) is 0 Å². The molecule has 1 unspecified atom stereocenters. The SMILES string of the molecule is CCC1CCCCN1c1cnc(C(=O)NCc2ccccn2)cn1. The third-order valence-electron chi connectivity index (χ3n) is 4.42. The molecule has 1 aliphatic rings. The van der Waals surface area contributed by atoms with E-state index < -0.39 is 0 Å². The number of aromatic nitrogens is 3. The van der Waals surface area contributed by atoms with Crippen molar-refractivity contribution in [2.45, 2.75) is 45.2 Å². The summed E-state index contributed by atoms with van der Waals surface area (Å²) in [6.45, 7) is 3.60. The maximum absolute atomic E-state index is 12.2. The third-order valence-corrected chi connectivity index (χ3v) is 4.42. The van der Waals surface area contributed by atoms with Crippen LogP contribution in [0.15, 0.2) is 36.8 Å². The lowest BCUT2D eigenvalue weighted by Crippen LogP contribution is -2.39. The van der Waals surface area contributed by atoms with Crippen LogP contribution in [0.2, 0.25) is 0 Å². The first kappa shape index (κ1) is 16.4. The molecule has 0 spiro atoms. The molecule has 126 valence electrons. The van der Waals surface area contributed by atoms with Crippen molar-refractivity contribution in [2.24, 2.45) is 0 Å². The number of hydrogen-bond acceptors (Lipinski definition) is 5. The molecule has 3 heterocycles. The molecule has 1 aliphatic heterocycles. The van der Waals surface area contributed by atoms with Crippen molar-refractivity contribution in [3.63, 3.8) is 0 Å². The van der Waals surface area contributed by atoms with Crippen molar-refractivity contribution in [3.05, 3.63) is 48.2 Å². The van der Waals surface area contributed by atoms with Crippen LogP contribution >= 0.6 is 0 Å². The number of piperidine rings is 1. The number of hydrogen-bond donors (Lipinski definition) is 1. The van der Waals surface area contributed by atoms with Crippen molar-refractivity contribution in [2.75, 3.05) is 11.4 Å². The second-order valence-corrected chi connectivity index (χ2v) is 6.01. The van der Waals surface area contributed by atoms with Gasteiger partial charge < -0.3 is 10.2 Å². The highest BCUT2D eigenvalue weighted by Crippen LogP contribution is 2.24. The molecule has 3 rings (SSSR count).